The Morgan fingerprint density at radius 2 is 2.09 bits per heavy atom. The lowest BCUT2D eigenvalue weighted by Crippen LogP contribution is -2.42. The number of benzene rings is 1. The van der Waals surface area contributed by atoms with Gasteiger partial charge in [0.2, 0.25) is 0 Å². The minimum atomic E-state index is 0. The van der Waals surface area contributed by atoms with Crippen molar-refractivity contribution in [3.8, 4) is 0 Å². The van der Waals surface area contributed by atoms with Crippen molar-refractivity contribution in [1.29, 1.82) is 0 Å². The van der Waals surface area contributed by atoms with Crippen LogP contribution in [0.4, 0.5) is 0 Å². The van der Waals surface area contributed by atoms with Crippen molar-refractivity contribution in [3.05, 3.63) is 35.9 Å². The lowest BCUT2D eigenvalue weighted by Gasteiger charge is -2.36. The van der Waals surface area contributed by atoms with Gasteiger partial charge in [-0.3, -0.25) is 4.90 Å². The molecule has 0 saturated carbocycles. The van der Waals surface area contributed by atoms with Gasteiger partial charge in [-0.15, -0.1) is 12.4 Å². The monoisotopic (exact) mass is 322 g/mol. The molecule has 0 aliphatic carbocycles. The zero-order chi connectivity index (χ0) is 14.7. The number of hydrogen-bond donors (Lipinski definition) is 1. The molecule has 1 aromatic rings. The maximum atomic E-state index is 3.55. The first-order valence-corrected chi connectivity index (χ1v) is 8.71. The van der Waals surface area contributed by atoms with Crippen LogP contribution in [0.5, 0.6) is 0 Å². The summed E-state index contributed by atoms with van der Waals surface area (Å²) < 4.78 is 0. The van der Waals surface area contributed by atoms with Gasteiger partial charge in [0, 0.05) is 19.1 Å². The summed E-state index contributed by atoms with van der Waals surface area (Å²) in [6.45, 7) is 9.78. The number of halogens is 1. The molecule has 0 bridgehead atoms. The minimum absolute atomic E-state index is 0. The summed E-state index contributed by atoms with van der Waals surface area (Å²) >= 11 is 0. The Balaban J connectivity index is 0.00000176. The van der Waals surface area contributed by atoms with E-state index < -0.39 is 0 Å². The summed E-state index contributed by atoms with van der Waals surface area (Å²) in [5.41, 5.74) is 2.02. The highest BCUT2D eigenvalue weighted by molar-refractivity contribution is 5.85. The van der Waals surface area contributed by atoms with Crippen LogP contribution in [0.15, 0.2) is 30.3 Å². The lowest BCUT2D eigenvalue weighted by molar-refractivity contribution is 0.147. The molecule has 0 aromatic heterocycles. The Hall–Kier alpha value is -0.570. The van der Waals surface area contributed by atoms with Crippen LogP contribution in [-0.4, -0.2) is 37.1 Å². The fourth-order valence-electron chi connectivity index (χ4n) is 4.43. The molecule has 3 atom stereocenters. The molecule has 1 N–H and O–H groups in total. The molecule has 3 rings (SSSR count). The summed E-state index contributed by atoms with van der Waals surface area (Å²) in [6, 6.07) is 11.9. The Kier molecular flexibility index (Phi) is 6.31. The van der Waals surface area contributed by atoms with E-state index >= 15 is 0 Å². The van der Waals surface area contributed by atoms with Gasteiger partial charge in [-0.1, -0.05) is 44.2 Å². The summed E-state index contributed by atoms with van der Waals surface area (Å²) in [5, 5.41) is 3.55. The van der Waals surface area contributed by atoms with Gasteiger partial charge in [0.1, 0.15) is 0 Å². The Morgan fingerprint density at radius 1 is 1.32 bits per heavy atom. The molecular weight excluding hydrogens is 292 g/mol. The third-order valence-corrected chi connectivity index (χ3v) is 5.59. The van der Waals surface area contributed by atoms with E-state index in [4.69, 9.17) is 0 Å². The van der Waals surface area contributed by atoms with E-state index in [9.17, 15) is 0 Å². The zero-order valence-corrected chi connectivity index (χ0v) is 14.9. The highest BCUT2D eigenvalue weighted by Crippen LogP contribution is 2.36. The molecule has 2 aliphatic heterocycles. The summed E-state index contributed by atoms with van der Waals surface area (Å²) in [5.74, 6) is 0.701. The first-order chi connectivity index (χ1) is 10.2. The lowest BCUT2D eigenvalue weighted by atomic mass is 9.85. The molecule has 2 heterocycles. The summed E-state index contributed by atoms with van der Waals surface area (Å²) in [7, 11) is 0. The Bertz CT molecular complexity index is 442. The van der Waals surface area contributed by atoms with Crippen LogP contribution in [0.1, 0.15) is 51.0 Å². The second-order valence-electron chi connectivity index (χ2n) is 7.34. The van der Waals surface area contributed by atoms with E-state index in [0.717, 1.165) is 6.04 Å². The van der Waals surface area contributed by atoms with Crippen molar-refractivity contribution in [2.75, 3.05) is 26.2 Å². The van der Waals surface area contributed by atoms with Gasteiger partial charge in [0.05, 0.1) is 0 Å². The maximum Gasteiger partial charge on any atom is 0.0165 e. The molecule has 0 radical (unpaired) electrons. The van der Waals surface area contributed by atoms with Crippen LogP contribution in [-0.2, 0) is 0 Å². The van der Waals surface area contributed by atoms with Crippen LogP contribution in [0.25, 0.3) is 0 Å². The van der Waals surface area contributed by atoms with Gasteiger partial charge >= 0.3 is 0 Å². The molecule has 22 heavy (non-hydrogen) atoms. The molecule has 2 fully saturated rings. The van der Waals surface area contributed by atoms with Crippen molar-refractivity contribution in [1.82, 2.24) is 10.2 Å². The van der Waals surface area contributed by atoms with E-state index in [1.807, 2.05) is 0 Å². The van der Waals surface area contributed by atoms with Gasteiger partial charge in [-0.25, -0.2) is 0 Å². The molecule has 124 valence electrons. The fraction of sp³-hybridized carbons (Fsp3) is 0.684. The van der Waals surface area contributed by atoms with Crippen LogP contribution >= 0.6 is 12.4 Å². The summed E-state index contributed by atoms with van der Waals surface area (Å²) in [6.07, 6.45) is 5.33. The highest BCUT2D eigenvalue weighted by Gasteiger charge is 2.37. The molecule has 0 spiro atoms. The van der Waals surface area contributed by atoms with E-state index in [1.165, 1.54) is 57.4 Å². The minimum Gasteiger partial charge on any atom is -0.316 e. The van der Waals surface area contributed by atoms with Crippen molar-refractivity contribution in [3.63, 3.8) is 0 Å². The fourth-order valence-corrected chi connectivity index (χ4v) is 4.43. The standard InChI is InChI=1S/C19H30N2.ClH/c1-3-17(16-8-5-4-6-9-16)18-10-7-13-21(18)15-19(2)11-12-20-14-19;/h4-6,8-9,17-18,20H,3,7,10-15H2,1-2H3;1H. The second-order valence-corrected chi connectivity index (χ2v) is 7.34. The van der Waals surface area contributed by atoms with Crippen LogP contribution < -0.4 is 5.32 Å². The molecular formula is C19H31ClN2. The molecule has 2 saturated heterocycles. The Labute approximate surface area is 142 Å². The van der Waals surface area contributed by atoms with Crippen molar-refractivity contribution in [2.24, 2.45) is 5.41 Å². The first kappa shape index (κ1) is 17.8. The Morgan fingerprint density at radius 3 is 2.73 bits per heavy atom. The molecule has 2 aliphatic rings. The van der Waals surface area contributed by atoms with E-state index in [0.29, 0.717) is 11.3 Å². The van der Waals surface area contributed by atoms with E-state index in [2.05, 4.69) is 54.4 Å². The quantitative estimate of drug-likeness (QED) is 0.879. The second kappa shape index (κ2) is 7.81. The van der Waals surface area contributed by atoms with Crippen molar-refractivity contribution < 1.29 is 0 Å². The smallest absolute Gasteiger partial charge is 0.0165 e. The predicted octanol–water partition coefficient (Wildman–Crippen LogP) is 4.07. The van der Waals surface area contributed by atoms with Gasteiger partial charge in [-0.2, -0.15) is 0 Å². The number of nitrogens with one attached hydrogen (secondary N) is 1. The van der Waals surface area contributed by atoms with Gasteiger partial charge in [0.15, 0.2) is 0 Å². The largest absolute Gasteiger partial charge is 0.316 e. The summed E-state index contributed by atoms with van der Waals surface area (Å²) in [4.78, 5) is 2.80. The molecule has 1 aromatic carbocycles. The van der Waals surface area contributed by atoms with Crippen LogP contribution in [0, 0.1) is 5.41 Å². The average molecular weight is 323 g/mol. The third-order valence-electron chi connectivity index (χ3n) is 5.59. The molecule has 2 nitrogen and oxygen atoms in total. The molecule has 3 unspecified atom stereocenters. The van der Waals surface area contributed by atoms with Gasteiger partial charge in [0.25, 0.3) is 0 Å². The predicted molar refractivity (Wildman–Crippen MR) is 96.9 cm³/mol. The number of likely N-dealkylation sites (tertiary alicyclic amines) is 1. The van der Waals surface area contributed by atoms with E-state index in [1.54, 1.807) is 0 Å². The van der Waals surface area contributed by atoms with Crippen molar-refractivity contribution >= 4 is 12.4 Å². The molecule has 3 heteroatoms. The van der Waals surface area contributed by atoms with Crippen molar-refractivity contribution in [2.45, 2.75) is 51.5 Å². The number of nitrogens with zero attached hydrogens (tertiary/aromatic N) is 1. The first-order valence-electron chi connectivity index (χ1n) is 8.71. The van der Waals surface area contributed by atoms with Gasteiger partial charge in [-0.05, 0) is 55.7 Å². The highest BCUT2D eigenvalue weighted by atomic mass is 35.5. The zero-order valence-electron chi connectivity index (χ0n) is 14.1. The van der Waals surface area contributed by atoms with Crippen LogP contribution in [0.3, 0.4) is 0 Å². The topological polar surface area (TPSA) is 15.3 Å². The SMILES string of the molecule is CCC(c1ccccc1)C1CCCN1CC1(C)CCNC1.Cl. The molecule has 0 amide bonds. The average Bonchev–Trinajstić information content (AvgIpc) is 3.12. The normalized spacial score (nSPS) is 30.2. The number of hydrogen-bond acceptors (Lipinski definition) is 2. The maximum absolute atomic E-state index is 3.55. The van der Waals surface area contributed by atoms with Crippen LogP contribution in [0.2, 0.25) is 0 Å². The van der Waals surface area contributed by atoms with Gasteiger partial charge < -0.3 is 5.32 Å². The third kappa shape index (κ3) is 3.84. The number of rotatable bonds is 5. The van der Waals surface area contributed by atoms with E-state index in [-0.39, 0.29) is 12.4 Å².